The molecular weight excluding hydrogens is 266 g/mol. The highest BCUT2D eigenvalue weighted by molar-refractivity contribution is 5.81. The maximum absolute atomic E-state index is 11.5. The van der Waals surface area contributed by atoms with Crippen LogP contribution in [0.1, 0.15) is 12.0 Å². The minimum atomic E-state index is -1.74. The summed E-state index contributed by atoms with van der Waals surface area (Å²) in [6.45, 7) is 0.0439. The van der Waals surface area contributed by atoms with Crippen LogP contribution in [0, 0.1) is 0 Å². The van der Waals surface area contributed by atoms with E-state index >= 15 is 0 Å². The number of methoxy groups -OCH3 is 1. The van der Waals surface area contributed by atoms with Crippen LogP contribution in [0.5, 0.6) is 0 Å². The van der Waals surface area contributed by atoms with Gasteiger partial charge in [0.1, 0.15) is 12.6 Å². The van der Waals surface area contributed by atoms with Crippen molar-refractivity contribution in [2.45, 2.75) is 25.4 Å². The number of esters is 1. The molecule has 1 aromatic carbocycles. The molecule has 0 bridgehead atoms. The van der Waals surface area contributed by atoms with Crippen molar-refractivity contribution in [2.75, 3.05) is 7.11 Å². The highest BCUT2D eigenvalue weighted by Crippen LogP contribution is 2.03. The first kappa shape index (κ1) is 15.9. The van der Waals surface area contributed by atoms with Gasteiger partial charge in [-0.25, -0.2) is 9.59 Å². The molecular formula is C13H17NO6. The number of aliphatic hydroxyl groups is 2. The van der Waals surface area contributed by atoms with Crippen LogP contribution < -0.4 is 5.32 Å². The second kappa shape index (κ2) is 8.13. The smallest absolute Gasteiger partial charge is 0.408 e. The van der Waals surface area contributed by atoms with Crippen molar-refractivity contribution in [1.82, 2.24) is 5.32 Å². The van der Waals surface area contributed by atoms with Crippen molar-refractivity contribution in [3.63, 3.8) is 0 Å². The first-order chi connectivity index (χ1) is 9.52. The van der Waals surface area contributed by atoms with Gasteiger partial charge in [0.05, 0.1) is 7.11 Å². The number of carbonyl (C=O) groups excluding carboxylic acids is 2. The summed E-state index contributed by atoms with van der Waals surface area (Å²) < 4.78 is 9.36. The van der Waals surface area contributed by atoms with Gasteiger partial charge in [-0.1, -0.05) is 30.3 Å². The van der Waals surface area contributed by atoms with Crippen LogP contribution in [0.3, 0.4) is 0 Å². The van der Waals surface area contributed by atoms with E-state index in [-0.39, 0.29) is 13.0 Å². The molecule has 0 aliphatic heterocycles. The van der Waals surface area contributed by atoms with E-state index in [2.05, 4.69) is 10.1 Å². The van der Waals surface area contributed by atoms with Crippen LogP contribution in [-0.4, -0.2) is 41.7 Å². The number of benzene rings is 1. The first-order valence-corrected chi connectivity index (χ1v) is 5.94. The zero-order chi connectivity index (χ0) is 15.0. The van der Waals surface area contributed by atoms with Gasteiger partial charge in [0.2, 0.25) is 0 Å². The zero-order valence-electron chi connectivity index (χ0n) is 11.0. The summed E-state index contributed by atoms with van der Waals surface area (Å²) in [7, 11) is 1.13. The van der Waals surface area contributed by atoms with Crippen LogP contribution in [0.4, 0.5) is 4.79 Å². The fourth-order valence-electron chi connectivity index (χ4n) is 1.47. The Morgan fingerprint density at radius 1 is 1.25 bits per heavy atom. The lowest BCUT2D eigenvalue weighted by Gasteiger charge is -2.17. The molecule has 0 aliphatic rings. The van der Waals surface area contributed by atoms with Crippen molar-refractivity contribution >= 4 is 12.1 Å². The number of alkyl carbamates (subject to hydrolysis) is 1. The minimum Gasteiger partial charge on any atom is -0.467 e. The van der Waals surface area contributed by atoms with Crippen LogP contribution in [0.15, 0.2) is 30.3 Å². The Bertz CT molecular complexity index is 434. The molecule has 0 aliphatic carbocycles. The lowest BCUT2D eigenvalue weighted by molar-refractivity contribution is -0.146. The predicted octanol–water partition coefficient (Wildman–Crippen LogP) is 0.155. The third-order valence-corrected chi connectivity index (χ3v) is 2.44. The summed E-state index contributed by atoms with van der Waals surface area (Å²) in [5.41, 5.74) is 0.791. The fourth-order valence-corrected chi connectivity index (χ4v) is 1.47. The Kier molecular flexibility index (Phi) is 6.48. The number of amides is 1. The van der Waals surface area contributed by atoms with E-state index in [1.807, 2.05) is 6.07 Å². The van der Waals surface area contributed by atoms with E-state index in [0.29, 0.717) is 0 Å². The Hall–Kier alpha value is -2.12. The summed E-state index contributed by atoms with van der Waals surface area (Å²) in [4.78, 5) is 22.9. The highest BCUT2D eigenvalue weighted by Gasteiger charge is 2.24. The van der Waals surface area contributed by atoms with Gasteiger partial charge in [-0.05, 0) is 5.56 Å². The summed E-state index contributed by atoms with van der Waals surface area (Å²) in [6, 6.07) is 7.82. The normalized spacial score (nSPS) is 11.8. The number of aliphatic hydroxyl groups excluding tert-OH is 1. The van der Waals surface area contributed by atoms with Gasteiger partial charge in [0.15, 0.2) is 6.29 Å². The van der Waals surface area contributed by atoms with Crippen molar-refractivity contribution in [2.24, 2.45) is 0 Å². The van der Waals surface area contributed by atoms with E-state index in [1.165, 1.54) is 0 Å². The molecule has 0 saturated heterocycles. The molecule has 7 nitrogen and oxygen atoms in total. The van der Waals surface area contributed by atoms with Gasteiger partial charge in [-0.2, -0.15) is 0 Å². The molecule has 20 heavy (non-hydrogen) atoms. The fraction of sp³-hybridized carbons (Fsp3) is 0.385. The Labute approximate surface area is 116 Å². The molecule has 1 amide bonds. The highest BCUT2D eigenvalue weighted by atomic mass is 16.6. The second-order valence-electron chi connectivity index (χ2n) is 4.00. The average molecular weight is 283 g/mol. The summed E-state index contributed by atoms with van der Waals surface area (Å²) >= 11 is 0. The van der Waals surface area contributed by atoms with Gasteiger partial charge in [0, 0.05) is 6.42 Å². The molecule has 0 unspecified atom stereocenters. The number of hydrogen-bond acceptors (Lipinski definition) is 6. The monoisotopic (exact) mass is 283 g/mol. The summed E-state index contributed by atoms with van der Waals surface area (Å²) in [5.74, 6) is -0.783. The Morgan fingerprint density at radius 3 is 2.45 bits per heavy atom. The van der Waals surface area contributed by atoms with Crippen molar-refractivity contribution in [1.29, 1.82) is 0 Å². The molecule has 3 N–H and O–H groups in total. The maximum atomic E-state index is 11.5. The van der Waals surface area contributed by atoms with Crippen LogP contribution in [0.25, 0.3) is 0 Å². The number of ether oxygens (including phenoxy) is 2. The number of hydrogen-bond donors (Lipinski definition) is 3. The molecule has 0 heterocycles. The van der Waals surface area contributed by atoms with Gasteiger partial charge >= 0.3 is 12.1 Å². The first-order valence-electron chi connectivity index (χ1n) is 5.94. The summed E-state index contributed by atoms with van der Waals surface area (Å²) in [6.07, 6.45) is -2.97. The average Bonchev–Trinajstić information content (AvgIpc) is 2.44. The molecule has 0 saturated carbocycles. The van der Waals surface area contributed by atoms with Crippen LogP contribution in [-0.2, 0) is 20.9 Å². The van der Waals surface area contributed by atoms with Crippen molar-refractivity contribution in [3.8, 4) is 0 Å². The quantitative estimate of drug-likeness (QED) is 0.507. The van der Waals surface area contributed by atoms with Crippen LogP contribution >= 0.6 is 0 Å². The summed E-state index contributed by atoms with van der Waals surface area (Å²) in [5, 5.41) is 19.9. The van der Waals surface area contributed by atoms with E-state index in [9.17, 15) is 9.59 Å². The number of carbonyl (C=O) groups is 2. The lowest BCUT2D eigenvalue weighted by Crippen LogP contribution is -2.43. The van der Waals surface area contributed by atoms with Gasteiger partial charge in [-0.15, -0.1) is 0 Å². The molecule has 0 aromatic heterocycles. The largest absolute Gasteiger partial charge is 0.467 e. The molecule has 110 valence electrons. The number of nitrogens with one attached hydrogen (secondary N) is 1. The molecule has 1 aromatic rings. The van der Waals surface area contributed by atoms with E-state index in [0.717, 1.165) is 12.7 Å². The van der Waals surface area contributed by atoms with Gasteiger partial charge in [-0.3, -0.25) is 0 Å². The molecule has 0 radical (unpaired) electrons. The molecule has 1 rings (SSSR count). The lowest BCUT2D eigenvalue weighted by atomic mass is 10.2. The molecule has 0 fully saturated rings. The topological polar surface area (TPSA) is 105 Å². The van der Waals surface area contributed by atoms with E-state index in [4.69, 9.17) is 14.9 Å². The SMILES string of the molecule is COC(=O)[C@H](CC(O)O)NC(=O)OCc1ccccc1. The maximum Gasteiger partial charge on any atom is 0.408 e. The van der Waals surface area contributed by atoms with Crippen molar-refractivity contribution < 1.29 is 29.3 Å². The van der Waals surface area contributed by atoms with Gasteiger partial charge < -0.3 is 25.0 Å². The molecule has 7 heteroatoms. The van der Waals surface area contributed by atoms with Crippen LogP contribution in [0.2, 0.25) is 0 Å². The molecule has 0 spiro atoms. The third-order valence-electron chi connectivity index (χ3n) is 2.44. The second-order valence-corrected chi connectivity index (χ2v) is 4.00. The van der Waals surface area contributed by atoms with E-state index < -0.39 is 24.4 Å². The van der Waals surface area contributed by atoms with E-state index in [1.54, 1.807) is 24.3 Å². The Morgan fingerprint density at radius 2 is 1.90 bits per heavy atom. The van der Waals surface area contributed by atoms with Gasteiger partial charge in [0.25, 0.3) is 0 Å². The minimum absolute atomic E-state index is 0.0439. The number of rotatable bonds is 6. The van der Waals surface area contributed by atoms with Crippen molar-refractivity contribution in [3.05, 3.63) is 35.9 Å². The predicted molar refractivity (Wildman–Crippen MR) is 68.4 cm³/mol. The Balaban J connectivity index is 2.47. The third kappa shape index (κ3) is 5.68. The zero-order valence-corrected chi connectivity index (χ0v) is 11.0. The standard InChI is InChI=1S/C13H17NO6/c1-19-12(17)10(7-11(15)16)14-13(18)20-8-9-5-3-2-4-6-9/h2-6,10-11,15-16H,7-8H2,1H3,(H,14,18)/t10-/m0/s1. The molecule has 1 atom stereocenters.